The van der Waals surface area contributed by atoms with Crippen LogP contribution >= 0.6 is 11.8 Å². The lowest BCUT2D eigenvalue weighted by Gasteiger charge is -2.25. The molecule has 0 aromatic heterocycles. The largest absolute Gasteiger partial charge is 0.340 e. The summed E-state index contributed by atoms with van der Waals surface area (Å²) in [6, 6.07) is 10.7. The molecule has 1 aromatic rings. The molecule has 1 aromatic carbocycles. The molecule has 0 aliphatic carbocycles. The lowest BCUT2D eigenvalue weighted by molar-refractivity contribution is -0.129. The van der Waals surface area contributed by atoms with Crippen molar-refractivity contribution in [1.29, 1.82) is 0 Å². The van der Waals surface area contributed by atoms with Gasteiger partial charge in [-0.1, -0.05) is 42.1 Å². The zero-order valence-electron chi connectivity index (χ0n) is 12.7. The predicted molar refractivity (Wildman–Crippen MR) is 87.2 cm³/mol. The molecule has 1 fully saturated rings. The molecule has 3 nitrogen and oxygen atoms in total. The number of rotatable bonds is 6. The van der Waals surface area contributed by atoms with Crippen LogP contribution in [0.3, 0.4) is 0 Å². The molecule has 2 atom stereocenters. The first-order valence-electron chi connectivity index (χ1n) is 7.53. The molecule has 21 heavy (non-hydrogen) atoms. The molecule has 1 aliphatic heterocycles. The highest BCUT2D eigenvalue weighted by atomic mass is 32.2. The van der Waals surface area contributed by atoms with E-state index in [1.54, 1.807) is 6.92 Å². The van der Waals surface area contributed by atoms with Crippen molar-refractivity contribution < 1.29 is 9.59 Å². The van der Waals surface area contributed by atoms with Gasteiger partial charge in [-0.3, -0.25) is 9.59 Å². The molecular formula is C17H23NO2S. The molecule has 1 aliphatic rings. The van der Waals surface area contributed by atoms with Crippen LogP contribution in [0.2, 0.25) is 0 Å². The van der Waals surface area contributed by atoms with Crippen molar-refractivity contribution in [3.8, 4) is 0 Å². The molecule has 1 amide bonds. The Morgan fingerprint density at radius 2 is 2.10 bits per heavy atom. The summed E-state index contributed by atoms with van der Waals surface area (Å²) in [4.78, 5) is 25.1. The Morgan fingerprint density at radius 3 is 2.76 bits per heavy atom. The summed E-state index contributed by atoms with van der Waals surface area (Å²) in [7, 11) is 0. The van der Waals surface area contributed by atoms with Gasteiger partial charge >= 0.3 is 0 Å². The summed E-state index contributed by atoms with van der Waals surface area (Å²) < 4.78 is 0. The standard InChI is InChI=1S/C17H23NO2S/c1-13(8-9-15-6-4-3-5-7-15)18-11-16(10-17(18)20)12-21-14(2)19/h3-7,13,16H,8-12H2,1-2H3. The molecule has 0 spiro atoms. The number of hydrogen-bond donors (Lipinski definition) is 0. The SMILES string of the molecule is CC(=O)SCC1CC(=O)N(C(C)CCc2ccccc2)C1. The second-order valence-corrected chi connectivity index (χ2v) is 6.99. The van der Waals surface area contributed by atoms with Crippen molar-refractivity contribution in [2.45, 2.75) is 39.2 Å². The Hall–Kier alpha value is -1.29. The van der Waals surface area contributed by atoms with Gasteiger partial charge in [0.25, 0.3) is 0 Å². The van der Waals surface area contributed by atoms with E-state index >= 15 is 0 Å². The molecule has 0 saturated carbocycles. The molecule has 1 heterocycles. The second-order valence-electron chi connectivity index (χ2n) is 5.79. The normalized spacial score (nSPS) is 19.8. The first-order valence-corrected chi connectivity index (χ1v) is 8.51. The molecular weight excluding hydrogens is 282 g/mol. The number of thioether (sulfide) groups is 1. The van der Waals surface area contributed by atoms with E-state index in [0.717, 1.165) is 25.1 Å². The number of carbonyl (C=O) groups is 2. The van der Waals surface area contributed by atoms with Crippen LogP contribution in [0.1, 0.15) is 32.3 Å². The Labute approximate surface area is 131 Å². The van der Waals surface area contributed by atoms with E-state index in [4.69, 9.17) is 0 Å². The zero-order valence-corrected chi connectivity index (χ0v) is 13.6. The van der Waals surface area contributed by atoms with Gasteiger partial charge in [0.1, 0.15) is 0 Å². The van der Waals surface area contributed by atoms with Gasteiger partial charge in [0.05, 0.1) is 0 Å². The van der Waals surface area contributed by atoms with E-state index in [1.807, 2.05) is 11.0 Å². The van der Waals surface area contributed by atoms with Crippen molar-refractivity contribution in [3.05, 3.63) is 35.9 Å². The first kappa shape index (κ1) is 16.1. The van der Waals surface area contributed by atoms with Crippen molar-refractivity contribution >= 4 is 22.8 Å². The van der Waals surface area contributed by atoms with Crippen molar-refractivity contribution in [3.63, 3.8) is 0 Å². The summed E-state index contributed by atoms with van der Waals surface area (Å²) in [5.41, 5.74) is 1.32. The van der Waals surface area contributed by atoms with Crippen molar-refractivity contribution in [2.75, 3.05) is 12.3 Å². The minimum absolute atomic E-state index is 0.137. The Balaban J connectivity index is 1.81. The summed E-state index contributed by atoms with van der Waals surface area (Å²) >= 11 is 1.34. The molecule has 4 heteroatoms. The van der Waals surface area contributed by atoms with Crippen LogP contribution in [0.4, 0.5) is 0 Å². The van der Waals surface area contributed by atoms with Crippen molar-refractivity contribution in [2.24, 2.45) is 5.92 Å². The average molecular weight is 305 g/mol. The number of amides is 1. The number of likely N-dealkylation sites (tertiary alicyclic amines) is 1. The Bertz CT molecular complexity index is 489. The van der Waals surface area contributed by atoms with E-state index in [2.05, 4.69) is 31.2 Å². The maximum atomic E-state index is 12.1. The smallest absolute Gasteiger partial charge is 0.223 e. The third kappa shape index (κ3) is 4.88. The summed E-state index contributed by atoms with van der Waals surface area (Å²) in [5, 5.41) is 0.137. The van der Waals surface area contributed by atoms with Crippen LogP contribution in [0.5, 0.6) is 0 Å². The third-order valence-corrected chi connectivity index (χ3v) is 5.03. The van der Waals surface area contributed by atoms with Gasteiger partial charge < -0.3 is 4.90 Å². The predicted octanol–water partition coefficient (Wildman–Crippen LogP) is 3.14. The molecule has 2 unspecified atom stereocenters. The summed E-state index contributed by atoms with van der Waals surface area (Å²) in [6.45, 7) is 4.51. The average Bonchev–Trinajstić information content (AvgIpc) is 2.85. The van der Waals surface area contributed by atoms with Gasteiger partial charge in [-0.15, -0.1) is 0 Å². The molecule has 0 N–H and O–H groups in total. The van der Waals surface area contributed by atoms with E-state index in [-0.39, 0.29) is 17.1 Å². The van der Waals surface area contributed by atoms with Crippen LogP contribution in [0.25, 0.3) is 0 Å². The maximum Gasteiger partial charge on any atom is 0.223 e. The van der Waals surface area contributed by atoms with Gasteiger partial charge in [-0.25, -0.2) is 0 Å². The maximum absolute atomic E-state index is 12.1. The number of hydrogen-bond acceptors (Lipinski definition) is 3. The van der Waals surface area contributed by atoms with E-state index in [0.29, 0.717) is 12.3 Å². The molecule has 0 radical (unpaired) electrons. The van der Waals surface area contributed by atoms with Crippen molar-refractivity contribution in [1.82, 2.24) is 4.90 Å². The summed E-state index contributed by atoms with van der Waals surface area (Å²) in [5.74, 6) is 1.33. The van der Waals surface area contributed by atoms with Gasteiger partial charge in [0, 0.05) is 31.7 Å². The van der Waals surface area contributed by atoms with E-state index in [1.165, 1.54) is 17.3 Å². The molecule has 114 valence electrons. The van der Waals surface area contributed by atoms with Gasteiger partial charge in [-0.2, -0.15) is 0 Å². The van der Waals surface area contributed by atoms with Crippen LogP contribution < -0.4 is 0 Å². The number of aryl methyl sites for hydroxylation is 1. The molecule has 0 bridgehead atoms. The number of nitrogens with zero attached hydrogens (tertiary/aromatic N) is 1. The monoisotopic (exact) mass is 305 g/mol. The highest BCUT2D eigenvalue weighted by Crippen LogP contribution is 2.25. The Kier molecular flexibility index (Phi) is 5.85. The van der Waals surface area contributed by atoms with Crippen LogP contribution in [-0.4, -0.2) is 34.3 Å². The van der Waals surface area contributed by atoms with Gasteiger partial charge in [0.2, 0.25) is 5.91 Å². The lowest BCUT2D eigenvalue weighted by atomic mass is 10.1. The lowest BCUT2D eigenvalue weighted by Crippen LogP contribution is -2.34. The molecule has 1 saturated heterocycles. The third-order valence-electron chi connectivity index (χ3n) is 3.99. The number of carbonyl (C=O) groups excluding carboxylic acids is 2. The second kappa shape index (κ2) is 7.64. The minimum Gasteiger partial charge on any atom is -0.340 e. The first-order chi connectivity index (χ1) is 10.1. The van der Waals surface area contributed by atoms with Crippen LogP contribution in [0.15, 0.2) is 30.3 Å². The van der Waals surface area contributed by atoms with Crippen LogP contribution in [-0.2, 0) is 16.0 Å². The fraction of sp³-hybridized carbons (Fsp3) is 0.529. The highest BCUT2D eigenvalue weighted by molar-refractivity contribution is 8.13. The van der Waals surface area contributed by atoms with E-state index < -0.39 is 0 Å². The summed E-state index contributed by atoms with van der Waals surface area (Å²) in [6.07, 6.45) is 2.58. The zero-order chi connectivity index (χ0) is 15.2. The van der Waals surface area contributed by atoms with Gasteiger partial charge in [0.15, 0.2) is 5.12 Å². The topological polar surface area (TPSA) is 37.4 Å². The van der Waals surface area contributed by atoms with Crippen LogP contribution in [0, 0.1) is 5.92 Å². The molecule has 2 rings (SSSR count). The quantitative estimate of drug-likeness (QED) is 0.810. The fourth-order valence-electron chi connectivity index (χ4n) is 2.76. The number of benzene rings is 1. The Morgan fingerprint density at radius 1 is 1.38 bits per heavy atom. The highest BCUT2D eigenvalue weighted by Gasteiger charge is 2.32. The fourth-order valence-corrected chi connectivity index (χ4v) is 3.45. The van der Waals surface area contributed by atoms with E-state index in [9.17, 15) is 9.59 Å². The van der Waals surface area contributed by atoms with Gasteiger partial charge in [-0.05, 0) is 31.2 Å². The minimum atomic E-state index is 0.137.